The van der Waals surface area contributed by atoms with Crippen LogP contribution in [0.3, 0.4) is 0 Å². The first kappa shape index (κ1) is 16.1. The maximum absolute atomic E-state index is 13.1. The van der Waals surface area contributed by atoms with E-state index in [4.69, 9.17) is 5.73 Å². The Kier molecular flexibility index (Phi) is 3.61. The molecular weight excluding hydrogens is 330 g/mol. The smallest absolute Gasteiger partial charge is 0.300 e. The van der Waals surface area contributed by atoms with Crippen molar-refractivity contribution in [2.75, 3.05) is 4.90 Å². The second-order valence-corrected chi connectivity index (χ2v) is 6.43. The van der Waals surface area contributed by atoms with Gasteiger partial charge in [-0.05, 0) is 24.6 Å². The van der Waals surface area contributed by atoms with Gasteiger partial charge in [-0.25, -0.2) is 0 Å². The van der Waals surface area contributed by atoms with E-state index >= 15 is 0 Å². The number of carbonyl (C=O) groups excluding carboxylic acids is 3. The van der Waals surface area contributed by atoms with Crippen molar-refractivity contribution in [3.05, 3.63) is 65.4 Å². The number of benzene rings is 2. The van der Waals surface area contributed by atoms with Crippen LogP contribution in [-0.4, -0.2) is 28.6 Å². The average molecular weight is 347 g/mol. The van der Waals surface area contributed by atoms with Crippen molar-refractivity contribution < 1.29 is 14.4 Å². The molecule has 3 aromatic rings. The molecule has 1 aliphatic rings. The van der Waals surface area contributed by atoms with Crippen LogP contribution in [0.15, 0.2) is 48.5 Å². The Morgan fingerprint density at radius 2 is 1.77 bits per heavy atom. The van der Waals surface area contributed by atoms with E-state index in [0.29, 0.717) is 28.8 Å². The van der Waals surface area contributed by atoms with Gasteiger partial charge in [-0.2, -0.15) is 0 Å². The van der Waals surface area contributed by atoms with Gasteiger partial charge in [-0.1, -0.05) is 36.4 Å². The Morgan fingerprint density at radius 1 is 1.08 bits per heavy atom. The molecule has 0 unspecified atom stereocenters. The number of aromatic amines is 1. The predicted molar refractivity (Wildman–Crippen MR) is 98.0 cm³/mol. The molecule has 0 saturated heterocycles. The van der Waals surface area contributed by atoms with Crippen LogP contribution in [0.1, 0.15) is 21.6 Å². The molecule has 2 amide bonds. The summed E-state index contributed by atoms with van der Waals surface area (Å²) >= 11 is 0. The highest BCUT2D eigenvalue weighted by atomic mass is 16.2. The summed E-state index contributed by atoms with van der Waals surface area (Å²) in [5, 5.41) is 0.687. The zero-order chi connectivity index (χ0) is 18.4. The normalized spacial score (nSPS) is 15.9. The number of rotatable bonds is 3. The molecule has 4 rings (SSSR count). The van der Waals surface area contributed by atoms with E-state index in [-0.39, 0.29) is 0 Å². The third kappa shape index (κ3) is 2.30. The summed E-state index contributed by atoms with van der Waals surface area (Å²) in [6, 6.07) is 13.6. The van der Waals surface area contributed by atoms with Gasteiger partial charge in [0.1, 0.15) is 6.04 Å². The molecule has 2 heterocycles. The molecule has 1 aromatic heterocycles. The highest BCUT2D eigenvalue weighted by Crippen LogP contribution is 2.33. The van der Waals surface area contributed by atoms with Crippen molar-refractivity contribution >= 4 is 34.2 Å². The molecule has 26 heavy (non-hydrogen) atoms. The average Bonchev–Trinajstić information content (AvgIpc) is 3.17. The van der Waals surface area contributed by atoms with Gasteiger partial charge in [0.25, 0.3) is 11.7 Å². The van der Waals surface area contributed by atoms with Crippen LogP contribution in [0, 0.1) is 6.92 Å². The van der Waals surface area contributed by atoms with Gasteiger partial charge < -0.3 is 10.7 Å². The minimum absolute atomic E-state index is 0.317. The molecule has 6 nitrogen and oxygen atoms in total. The van der Waals surface area contributed by atoms with Gasteiger partial charge in [-0.3, -0.25) is 19.3 Å². The molecule has 6 heteroatoms. The lowest BCUT2D eigenvalue weighted by atomic mass is 10.0. The maximum Gasteiger partial charge on any atom is 0.300 e. The van der Waals surface area contributed by atoms with Crippen LogP contribution in [0.5, 0.6) is 0 Å². The number of hydrogen-bond acceptors (Lipinski definition) is 3. The van der Waals surface area contributed by atoms with Crippen molar-refractivity contribution in [2.24, 2.45) is 5.73 Å². The van der Waals surface area contributed by atoms with Gasteiger partial charge in [0.05, 0.1) is 5.56 Å². The van der Waals surface area contributed by atoms with E-state index in [1.807, 2.05) is 30.3 Å². The molecule has 0 radical (unpaired) electrons. The summed E-state index contributed by atoms with van der Waals surface area (Å²) in [6.07, 6.45) is 0.317. The zero-order valence-corrected chi connectivity index (χ0v) is 14.2. The number of nitrogens with zero attached hydrogens (tertiary/aromatic N) is 1. The molecule has 0 bridgehead atoms. The molecule has 0 saturated carbocycles. The number of aryl methyl sites for hydroxylation is 1. The molecule has 0 spiro atoms. The third-order valence-corrected chi connectivity index (χ3v) is 4.84. The van der Waals surface area contributed by atoms with Gasteiger partial charge in [0.15, 0.2) is 0 Å². The summed E-state index contributed by atoms with van der Waals surface area (Å²) in [5.74, 6) is -2.02. The van der Waals surface area contributed by atoms with E-state index in [1.165, 1.54) is 4.90 Å². The Labute approximate surface area is 149 Å². The largest absolute Gasteiger partial charge is 0.368 e. The van der Waals surface area contributed by atoms with Crippen LogP contribution in [-0.2, 0) is 16.0 Å². The van der Waals surface area contributed by atoms with Crippen LogP contribution >= 0.6 is 0 Å². The molecule has 1 atom stereocenters. The van der Waals surface area contributed by atoms with Crippen molar-refractivity contribution in [1.82, 2.24) is 4.98 Å². The van der Waals surface area contributed by atoms with Crippen LogP contribution < -0.4 is 10.6 Å². The van der Waals surface area contributed by atoms with Crippen LogP contribution in [0.2, 0.25) is 0 Å². The Morgan fingerprint density at radius 3 is 2.54 bits per heavy atom. The SMILES string of the molecule is Cc1[nH]c2ccccc2c1C(=O)C(=O)N1c2ccccc2C[C@@H]1C(N)=O. The molecule has 0 fully saturated rings. The number of anilines is 1. The van der Waals surface area contributed by atoms with E-state index in [9.17, 15) is 14.4 Å². The zero-order valence-electron chi connectivity index (χ0n) is 14.2. The Bertz CT molecular complexity index is 1070. The highest BCUT2D eigenvalue weighted by Gasteiger charge is 2.40. The van der Waals surface area contributed by atoms with E-state index in [2.05, 4.69) is 4.98 Å². The number of ketones is 1. The van der Waals surface area contributed by atoms with E-state index in [1.54, 1.807) is 25.1 Å². The number of nitrogens with two attached hydrogens (primary N) is 1. The quantitative estimate of drug-likeness (QED) is 0.561. The second-order valence-electron chi connectivity index (χ2n) is 6.43. The number of para-hydroxylation sites is 2. The maximum atomic E-state index is 13.1. The molecule has 130 valence electrons. The standard InChI is InChI=1S/C20H17N3O3/c1-11-17(13-7-3-4-8-14(13)22-11)18(24)20(26)23-15-9-5-2-6-12(15)10-16(23)19(21)25/h2-9,16,22H,10H2,1H3,(H2,21,25)/t16-/m1/s1. The number of nitrogens with one attached hydrogen (secondary N) is 1. The Balaban J connectivity index is 1.80. The lowest BCUT2D eigenvalue weighted by molar-refractivity contribution is -0.122. The molecule has 1 aliphatic heterocycles. The van der Waals surface area contributed by atoms with E-state index < -0.39 is 23.6 Å². The highest BCUT2D eigenvalue weighted by molar-refractivity contribution is 6.50. The van der Waals surface area contributed by atoms with Crippen molar-refractivity contribution in [1.29, 1.82) is 0 Å². The lowest BCUT2D eigenvalue weighted by Gasteiger charge is -2.22. The molecule has 3 N–H and O–H groups in total. The summed E-state index contributed by atoms with van der Waals surface area (Å²) in [7, 11) is 0. The van der Waals surface area contributed by atoms with Crippen molar-refractivity contribution in [3.8, 4) is 0 Å². The van der Waals surface area contributed by atoms with Gasteiger partial charge in [0, 0.05) is 28.7 Å². The van der Waals surface area contributed by atoms with Gasteiger partial charge in [0.2, 0.25) is 5.91 Å². The number of hydrogen-bond donors (Lipinski definition) is 2. The minimum Gasteiger partial charge on any atom is -0.368 e. The summed E-state index contributed by atoms with van der Waals surface area (Å²) in [6.45, 7) is 1.75. The van der Waals surface area contributed by atoms with Crippen molar-refractivity contribution in [2.45, 2.75) is 19.4 Å². The first-order valence-corrected chi connectivity index (χ1v) is 8.31. The lowest BCUT2D eigenvalue weighted by Crippen LogP contribution is -2.48. The number of aromatic nitrogens is 1. The number of amides is 2. The third-order valence-electron chi connectivity index (χ3n) is 4.84. The topological polar surface area (TPSA) is 96.3 Å². The monoisotopic (exact) mass is 347 g/mol. The van der Waals surface area contributed by atoms with E-state index in [0.717, 1.165) is 11.1 Å². The van der Waals surface area contributed by atoms with Gasteiger partial charge >= 0.3 is 0 Å². The van der Waals surface area contributed by atoms with Gasteiger partial charge in [-0.15, -0.1) is 0 Å². The second kappa shape index (κ2) is 5.84. The summed E-state index contributed by atoms with van der Waals surface area (Å²) in [5.41, 5.74) is 8.62. The minimum atomic E-state index is -0.852. The number of primary amides is 1. The fraction of sp³-hybridized carbons (Fsp3) is 0.150. The predicted octanol–water partition coefficient (Wildman–Crippen LogP) is 2.10. The first-order valence-electron chi connectivity index (χ1n) is 8.31. The molecule has 0 aliphatic carbocycles. The number of fused-ring (bicyclic) bond motifs is 2. The molecular formula is C20H17N3O3. The van der Waals surface area contributed by atoms with Crippen LogP contribution in [0.4, 0.5) is 5.69 Å². The fourth-order valence-electron chi connectivity index (χ4n) is 3.65. The Hall–Kier alpha value is -3.41. The van der Waals surface area contributed by atoms with Crippen molar-refractivity contribution in [3.63, 3.8) is 0 Å². The molecule has 2 aromatic carbocycles. The number of Topliss-reactive ketones (excluding diaryl/α,β-unsaturated/α-hetero) is 1. The number of carbonyl (C=O) groups is 3. The first-order chi connectivity index (χ1) is 12.5. The number of H-pyrrole nitrogens is 1. The van der Waals surface area contributed by atoms with Crippen LogP contribution in [0.25, 0.3) is 10.9 Å². The summed E-state index contributed by atoms with van der Waals surface area (Å²) < 4.78 is 0. The fourth-order valence-corrected chi connectivity index (χ4v) is 3.65. The summed E-state index contributed by atoms with van der Waals surface area (Å²) in [4.78, 5) is 42.4.